The van der Waals surface area contributed by atoms with E-state index < -0.39 is 15.9 Å². The lowest BCUT2D eigenvalue weighted by atomic mass is 10.0. The minimum absolute atomic E-state index is 0.0289. The van der Waals surface area contributed by atoms with E-state index in [1.54, 1.807) is 7.11 Å². The molecule has 176 valence electrons. The number of carbonyl (C=O) groups is 2. The van der Waals surface area contributed by atoms with E-state index >= 15 is 0 Å². The third kappa shape index (κ3) is 5.18. The highest BCUT2D eigenvalue weighted by Crippen LogP contribution is 2.26. The summed E-state index contributed by atoms with van der Waals surface area (Å²) in [7, 11) is -2.01. The Bertz CT molecular complexity index is 1100. The van der Waals surface area contributed by atoms with Gasteiger partial charge in [-0.2, -0.15) is 0 Å². The Morgan fingerprint density at radius 2 is 1.76 bits per heavy atom. The number of nitrogens with one attached hydrogen (secondary N) is 1. The number of methoxy groups -OCH3 is 1. The van der Waals surface area contributed by atoms with Crippen molar-refractivity contribution in [2.75, 3.05) is 50.0 Å². The molecule has 2 aliphatic heterocycles. The standard InChI is InChI=1S/C23H27N3O6S/c1-31-20-8-4-17(5-9-20)21(25-11-13-32-14-12-25)16-24-23(28)18-2-6-19(7-3-18)26-22(27)10-15-33(26,29)30/h2-9,21H,10-16H2,1H3,(H,24,28). The highest BCUT2D eigenvalue weighted by atomic mass is 32.2. The van der Waals surface area contributed by atoms with Crippen molar-refractivity contribution < 1.29 is 27.5 Å². The van der Waals surface area contributed by atoms with Gasteiger partial charge in [-0.25, -0.2) is 12.7 Å². The number of benzene rings is 2. The lowest BCUT2D eigenvalue weighted by Crippen LogP contribution is -2.43. The Hall–Kier alpha value is -2.95. The van der Waals surface area contributed by atoms with E-state index in [0.29, 0.717) is 25.3 Å². The number of amides is 2. The van der Waals surface area contributed by atoms with Crippen LogP contribution in [0.25, 0.3) is 0 Å². The van der Waals surface area contributed by atoms with Crippen molar-refractivity contribution in [3.63, 3.8) is 0 Å². The third-order valence-corrected chi connectivity index (χ3v) is 7.58. The minimum atomic E-state index is -3.63. The van der Waals surface area contributed by atoms with Gasteiger partial charge in [-0.1, -0.05) is 12.1 Å². The first-order valence-corrected chi connectivity index (χ1v) is 12.4. The predicted molar refractivity (Wildman–Crippen MR) is 123 cm³/mol. The van der Waals surface area contributed by atoms with Crippen molar-refractivity contribution in [1.82, 2.24) is 10.2 Å². The molecule has 0 bridgehead atoms. The number of anilines is 1. The zero-order chi connectivity index (χ0) is 23.4. The average Bonchev–Trinajstić information content (AvgIpc) is 3.12. The van der Waals surface area contributed by atoms with Gasteiger partial charge in [-0.05, 0) is 42.0 Å². The van der Waals surface area contributed by atoms with E-state index in [9.17, 15) is 18.0 Å². The lowest BCUT2D eigenvalue weighted by Gasteiger charge is -2.35. The minimum Gasteiger partial charge on any atom is -0.497 e. The van der Waals surface area contributed by atoms with Crippen molar-refractivity contribution in [2.45, 2.75) is 12.5 Å². The Balaban J connectivity index is 1.46. The van der Waals surface area contributed by atoms with E-state index in [-0.39, 0.29) is 29.8 Å². The summed E-state index contributed by atoms with van der Waals surface area (Å²) in [4.78, 5) is 27.0. The van der Waals surface area contributed by atoms with Crippen molar-refractivity contribution in [1.29, 1.82) is 0 Å². The smallest absolute Gasteiger partial charge is 0.251 e. The van der Waals surface area contributed by atoms with E-state index in [1.807, 2.05) is 24.3 Å². The fraction of sp³-hybridized carbons (Fsp3) is 0.391. The maximum Gasteiger partial charge on any atom is 0.251 e. The molecule has 2 aliphatic rings. The summed E-state index contributed by atoms with van der Waals surface area (Å²) < 4.78 is 35.7. The van der Waals surface area contributed by atoms with Gasteiger partial charge in [0.15, 0.2) is 0 Å². The summed E-state index contributed by atoms with van der Waals surface area (Å²) in [5, 5.41) is 2.99. The van der Waals surface area contributed by atoms with Gasteiger partial charge in [0.05, 0.1) is 37.8 Å². The Morgan fingerprint density at radius 1 is 1.09 bits per heavy atom. The molecule has 4 rings (SSSR count). The quantitative estimate of drug-likeness (QED) is 0.651. The fourth-order valence-electron chi connectivity index (χ4n) is 4.08. The van der Waals surface area contributed by atoms with Gasteiger partial charge >= 0.3 is 0 Å². The molecule has 33 heavy (non-hydrogen) atoms. The summed E-state index contributed by atoms with van der Waals surface area (Å²) >= 11 is 0. The molecule has 2 fully saturated rings. The van der Waals surface area contributed by atoms with Gasteiger partial charge in [-0.15, -0.1) is 0 Å². The van der Waals surface area contributed by atoms with Crippen molar-refractivity contribution >= 4 is 27.5 Å². The van der Waals surface area contributed by atoms with E-state index in [1.165, 1.54) is 24.3 Å². The maximum atomic E-state index is 12.8. The summed E-state index contributed by atoms with van der Waals surface area (Å²) in [5.74, 6) is -0.159. The summed E-state index contributed by atoms with van der Waals surface area (Å²) in [6.07, 6.45) is -0.0289. The molecule has 1 unspecified atom stereocenters. The van der Waals surface area contributed by atoms with Crippen LogP contribution in [0.3, 0.4) is 0 Å². The van der Waals surface area contributed by atoms with E-state index in [2.05, 4.69) is 10.2 Å². The van der Waals surface area contributed by atoms with E-state index in [4.69, 9.17) is 9.47 Å². The molecule has 1 atom stereocenters. The molecule has 0 radical (unpaired) electrons. The van der Waals surface area contributed by atoms with Crippen LogP contribution in [0.2, 0.25) is 0 Å². The van der Waals surface area contributed by atoms with Crippen LogP contribution in [0.15, 0.2) is 48.5 Å². The Labute approximate surface area is 193 Å². The first kappa shape index (κ1) is 23.2. The second-order valence-electron chi connectivity index (χ2n) is 7.92. The zero-order valence-corrected chi connectivity index (χ0v) is 19.2. The third-order valence-electron chi connectivity index (χ3n) is 5.89. The monoisotopic (exact) mass is 473 g/mol. The number of sulfonamides is 1. The predicted octanol–water partition coefficient (Wildman–Crippen LogP) is 1.57. The first-order valence-electron chi connectivity index (χ1n) is 10.8. The Kier molecular flexibility index (Phi) is 6.96. The van der Waals surface area contributed by atoms with Crippen molar-refractivity contribution in [3.05, 3.63) is 59.7 Å². The molecule has 9 nitrogen and oxygen atoms in total. The highest BCUT2D eigenvalue weighted by Gasteiger charge is 2.36. The van der Waals surface area contributed by atoms with Crippen LogP contribution in [0, 0.1) is 0 Å². The lowest BCUT2D eigenvalue weighted by molar-refractivity contribution is -0.116. The Morgan fingerprint density at radius 3 is 2.33 bits per heavy atom. The van der Waals surface area contributed by atoms with Crippen LogP contribution in [-0.4, -0.2) is 70.8 Å². The number of hydrogen-bond donors (Lipinski definition) is 1. The molecular formula is C23H27N3O6S. The normalized spacial score (nSPS) is 19.3. The molecule has 10 heteroatoms. The molecule has 2 aromatic rings. The molecule has 2 saturated heterocycles. The zero-order valence-electron chi connectivity index (χ0n) is 18.4. The number of rotatable bonds is 7. The molecular weight excluding hydrogens is 446 g/mol. The summed E-state index contributed by atoms with van der Waals surface area (Å²) in [5.41, 5.74) is 1.70. The second kappa shape index (κ2) is 9.90. The topological polar surface area (TPSA) is 105 Å². The number of hydrogen-bond acceptors (Lipinski definition) is 7. The second-order valence-corrected chi connectivity index (χ2v) is 9.86. The maximum absolute atomic E-state index is 12.8. The highest BCUT2D eigenvalue weighted by molar-refractivity contribution is 7.94. The summed E-state index contributed by atoms with van der Waals surface area (Å²) in [6, 6.07) is 13.8. The number of carbonyl (C=O) groups excluding carboxylic acids is 2. The van der Waals surface area contributed by atoms with Crippen LogP contribution in [0.4, 0.5) is 5.69 Å². The van der Waals surface area contributed by atoms with Gasteiger partial charge in [0.2, 0.25) is 15.9 Å². The molecule has 0 spiro atoms. The van der Waals surface area contributed by atoms with Gasteiger partial charge < -0.3 is 14.8 Å². The molecule has 2 aromatic carbocycles. The van der Waals surface area contributed by atoms with Gasteiger partial charge in [0, 0.05) is 31.6 Å². The number of morpholine rings is 1. The SMILES string of the molecule is COc1ccc(C(CNC(=O)c2ccc(N3C(=O)CCS3(=O)=O)cc2)N2CCOCC2)cc1. The van der Waals surface area contributed by atoms with Crippen LogP contribution >= 0.6 is 0 Å². The molecule has 0 saturated carbocycles. The van der Waals surface area contributed by atoms with Gasteiger partial charge in [0.1, 0.15) is 5.75 Å². The van der Waals surface area contributed by atoms with Crippen molar-refractivity contribution in [2.24, 2.45) is 0 Å². The average molecular weight is 474 g/mol. The molecule has 2 amide bonds. The van der Waals surface area contributed by atoms with Crippen LogP contribution in [0.1, 0.15) is 28.4 Å². The van der Waals surface area contributed by atoms with Crippen LogP contribution < -0.4 is 14.4 Å². The molecule has 0 aromatic heterocycles. The van der Waals surface area contributed by atoms with E-state index in [0.717, 1.165) is 28.7 Å². The van der Waals surface area contributed by atoms with Gasteiger partial charge in [-0.3, -0.25) is 14.5 Å². The summed E-state index contributed by atoms with van der Waals surface area (Å²) in [6.45, 7) is 3.20. The molecule has 2 heterocycles. The van der Waals surface area contributed by atoms with Crippen LogP contribution in [0.5, 0.6) is 5.75 Å². The first-order chi connectivity index (χ1) is 15.9. The molecule has 1 N–H and O–H groups in total. The van der Waals surface area contributed by atoms with Crippen LogP contribution in [-0.2, 0) is 19.6 Å². The fourth-order valence-corrected chi connectivity index (χ4v) is 5.54. The number of nitrogens with zero attached hydrogens (tertiary/aromatic N) is 2. The number of ether oxygens (including phenoxy) is 2. The largest absolute Gasteiger partial charge is 0.497 e. The van der Waals surface area contributed by atoms with Gasteiger partial charge in [0.25, 0.3) is 5.91 Å². The molecule has 0 aliphatic carbocycles. The van der Waals surface area contributed by atoms with Crippen molar-refractivity contribution in [3.8, 4) is 5.75 Å².